The molecule has 0 aliphatic carbocycles. The average Bonchev–Trinajstić information content (AvgIpc) is 2.51. The molecule has 8 heteroatoms. The van der Waals surface area contributed by atoms with Crippen LogP contribution in [0.5, 0.6) is 5.75 Å². The topological polar surface area (TPSA) is 73.2 Å². The monoisotopic (exact) mass is 309 g/mol. The Bertz CT molecular complexity index is 644. The van der Waals surface area contributed by atoms with Gasteiger partial charge in [-0.3, -0.25) is 19.3 Å². The summed E-state index contributed by atoms with van der Waals surface area (Å²) in [6.07, 6.45) is 1.37. The molecule has 2 atom stereocenters. The lowest BCUT2D eigenvalue weighted by atomic mass is 10.1. The normalized spacial score (nSPS) is 24.0. The zero-order valence-electron chi connectivity index (χ0n) is 12.8. The molecule has 0 N–H and O–H groups in total. The SMILES string of the molecule is COCOc1c2n(ccc1=O)N(C)C1COCC(C)N1C2=O. The lowest BCUT2D eigenvalue weighted by Gasteiger charge is -2.49. The summed E-state index contributed by atoms with van der Waals surface area (Å²) in [5.74, 6) is -0.221. The Kier molecular flexibility index (Phi) is 3.79. The minimum absolute atomic E-state index is 0.0124. The number of pyridine rings is 1. The molecule has 2 aliphatic heterocycles. The van der Waals surface area contributed by atoms with Crippen LogP contribution >= 0.6 is 0 Å². The number of amides is 1. The summed E-state index contributed by atoms with van der Waals surface area (Å²) in [6.45, 7) is 2.73. The number of carbonyl (C=O) groups excluding carboxylic acids is 1. The lowest BCUT2D eigenvalue weighted by Crippen LogP contribution is -2.66. The molecule has 2 unspecified atom stereocenters. The van der Waals surface area contributed by atoms with Gasteiger partial charge in [0.1, 0.15) is 6.17 Å². The van der Waals surface area contributed by atoms with Gasteiger partial charge in [-0.1, -0.05) is 0 Å². The second-order valence-electron chi connectivity index (χ2n) is 5.41. The van der Waals surface area contributed by atoms with Crippen molar-refractivity contribution in [1.82, 2.24) is 9.58 Å². The van der Waals surface area contributed by atoms with E-state index in [-0.39, 0.29) is 41.8 Å². The number of methoxy groups -OCH3 is 1. The van der Waals surface area contributed by atoms with Gasteiger partial charge in [0.2, 0.25) is 11.2 Å². The van der Waals surface area contributed by atoms with Gasteiger partial charge in [-0.05, 0) is 6.92 Å². The Morgan fingerprint density at radius 3 is 2.86 bits per heavy atom. The summed E-state index contributed by atoms with van der Waals surface area (Å²) in [5.41, 5.74) is -0.124. The van der Waals surface area contributed by atoms with E-state index in [0.29, 0.717) is 13.2 Å². The minimum Gasteiger partial charge on any atom is -0.461 e. The van der Waals surface area contributed by atoms with Gasteiger partial charge in [0.05, 0.1) is 19.3 Å². The second kappa shape index (κ2) is 5.62. The fourth-order valence-corrected chi connectivity index (χ4v) is 2.91. The highest BCUT2D eigenvalue weighted by molar-refractivity contribution is 5.96. The number of morpholine rings is 1. The van der Waals surface area contributed by atoms with Gasteiger partial charge in [0.25, 0.3) is 5.91 Å². The third kappa shape index (κ3) is 2.15. The van der Waals surface area contributed by atoms with Crippen LogP contribution in [0.2, 0.25) is 0 Å². The van der Waals surface area contributed by atoms with Crippen molar-refractivity contribution in [2.24, 2.45) is 0 Å². The molecular weight excluding hydrogens is 290 g/mol. The van der Waals surface area contributed by atoms with Crippen molar-refractivity contribution in [1.29, 1.82) is 0 Å². The van der Waals surface area contributed by atoms with Crippen LogP contribution in [0.1, 0.15) is 17.4 Å². The standard InChI is InChI=1S/C14H19N3O5/c1-9-6-21-7-11-15(2)16-5-4-10(18)13(22-8-20-3)12(16)14(19)17(9)11/h4-5,9,11H,6-8H2,1-3H3. The molecule has 0 aromatic carbocycles. The maximum atomic E-state index is 12.9. The van der Waals surface area contributed by atoms with Gasteiger partial charge in [-0.15, -0.1) is 0 Å². The number of ether oxygens (including phenoxy) is 3. The molecule has 8 nitrogen and oxygen atoms in total. The molecule has 2 aliphatic rings. The van der Waals surface area contributed by atoms with E-state index in [4.69, 9.17) is 14.2 Å². The average molecular weight is 309 g/mol. The summed E-state index contributed by atoms with van der Waals surface area (Å²) >= 11 is 0. The molecule has 1 saturated heterocycles. The minimum atomic E-state index is -0.343. The number of nitrogens with zero attached hydrogens (tertiary/aromatic N) is 3. The molecule has 0 bridgehead atoms. The summed E-state index contributed by atoms with van der Waals surface area (Å²) in [4.78, 5) is 26.7. The molecule has 0 saturated carbocycles. The fraction of sp³-hybridized carbons (Fsp3) is 0.571. The van der Waals surface area contributed by atoms with Crippen molar-refractivity contribution >= 4 is 5.91 Å². The van der Waals surface area contributed by atoms with Crippen LogP contribution in [0.15, 0.2) is 17.1 Å². The molecule has 1 amide bonds. The quantitative estimate of drug-likeness (QED) is 0.708. The largest absolute Gasteiger partial charge is 0.461 e. The van der Waals surface area contributed by atoms with Gasteiger partial charge in [0.15, 0.2) is 12.5 Å². The van der Waals surface area contributed by atoms with E-state index in [9.17, 15) is 9.59 Å². The van der Waals surface area contributed by atoms with Crippen molar-refractivity contribution in [3.63, 3.8) is 0 Å². The number of aromatic nitrogens is 1. The third-order valence-corrected chi connectivity index (χ3v) is 3.99. The van der Waals surface area contributed by atoms with Crippen molar-refractivity contribution in [3.05, 3.63) is 28.2 Å². The smallest absolute Gasteiger partial charge is 0.278 e. The van der Waals surface area contributed by atoms with Crippen LogP contribution < -0.4 is 15.2 Å². The van der Waals surface area contributed by atoms with E-state index in [1.165, 1.54) is 13.2 Å². The van der Waals surface area contributed by atoms with Gasteiger partial charge in [-0.25, -0.2) is 0 Å². The molecule has 3 heterocycles. The van der Waals surface area contributed by atoms with Crippen molar-refractivity contribution in [2.75, 3.05) is 39.2 Å². The molecule has 1 fully saturated rings. The van der Waals surface area contributed by atoms with Crippen molar-refractivity contribution in [3.8, 4) is 5.75 Å². The van der Waals surface area contributed by atoms with Crippen molar-refractivity contribution < 1.29 is 19.0 Å². The molecule has 22 heavy (non-hydrogen) atoms. The Balaban J connectivity index is 2.12. The first-order valence-corrected chi connectivity index (χ1v) is 7.07. The van der Waals surface area contributed by atoms with E-state index >= 15 is 0 Å². The molecular formula is C14H19N3O5. The highest BCUT2D eigenvalue weighted by Gasteiger charge is 2.42. The third-order valence-electron chi connectivity index (χ3n) is 3.99. The molecule has 120 valence electrons. The first-order valence-electron chi connectivity index (χ1n) is 7.07. The summed E-state index contributed by atoms with van der Waals surface area (Å²) in [6, 6.07) is 1.30. The Morgan fingerprint density at radius 2 is 2.14 bits per heavy atom. The highest BCUT2D eigenvalue weighted by atomic mass is 16.7. The zero-order chi connectivity index (χ0) is 15.9. The van der Waals surface area contributed by atoms with Gasteiger partial charge < -0.3 is 19.1 Å². The van der Waals surface area contributed by atoms with Crippen LogP contribution in [-0.2, 0) is 9.47 Å². The van der Waals surface area contributed by atoms with Crippen LogP contribution in [0, 0.1) is 0 Å². The van der Waals surface area contributed by atoms with E-state index in [1.807, 2.05) is 19.0 Å². The maximum absolute atomic E-state index is 12.9. The number of likely N-dealkylation sites (N-methyl/N-ethyl adjacent to an activating group) is 1. The number of carbonyl (C=O) groups is 1. The first-order chi connectivity index (χ1) is 10.6. The Morgan fingerprint density at radius 1 is 1.36 bits per heavy atom. The van der Waals surface area contributed by atoms with E-state index in [2.05, 4.69) is 0 Å². The van der Waals surface area contributed by atoms with Crippen LogP contribution in [-0.4, -0.2) is 61.9 Å². The number of hydrogen-bond acceptors (Lipinski definition) is 6. The molecule has 3 rings (SSSR count). The van der Waals surface area contributed by atoms with Gasteiger partial charge in [0, 0.05) is 26.4 Å². The summed E-state index contributed by atoms with van der Waals surface area (Å²) in [5, 5.41) is 1.87. The molecule has 1 aromatic heterocycles. The summed E-state index contributed by atoms with van der Waals surface area (Å²) < 4.78 is 17.4. The van der Waals surface area contributed by atoms with Crippen LogP contribution in [0.3, 0.4) is 0 Å². The molecule has 1 aromatic rings. The van der Waals surface area contributed by atoms with Crippen LogP contribution in [0.4, 0.5) is 0 Å². The number of rotatable bonds is 3. The van der Waals surface area contributed by atoms with E-state index in [0.717, 1.165) is 0 Å². The Labute approximate surface area is 127 Å². The van der Waals surface area contributed by atoms with Gasteiger partial charge >= 0.3 is 0 Å². The lowest BCUT2D eigenvalue weighted by molar-refractivity contribution is -0.0429. The number of fused-ring (bicyclic) bond motifs is 2. The predicted molar refractivity (Wildman–Crippen MR) is 77.6 cm³/mol. The first kappa shape index (κ1) is 14.9. The maximum Gasteiger partial charge on any atom is 0.278 e. The van der Waals surface area contributed by atoms with Crippen LogP contribution in [0.25, 0.3) is 0 Å². The number of hydrogen-bond donors (Lipinski definition) is 0. The second-order valence-corrected chi connectivity index (χ2v) is 5.41. The predicted octanol–water partition coefficient (Wildman–Crippen LogP) is -0.401. The zero-order valence-corrected chi connectivity index (χ0v) is 12.8. The highest BCUT2D eigenvalue weighted by Crippen LogP contribution is 2.27. The van der Waals surface area contributed by atoms with Crippen molar-refractivity contribution in [2.45, 2.75) is 19.1 Å². The van der Waals surface area contributed by atoms with E-state index in [1.54, 1.807) is 15.8 Å². The fourth-order valence-electron chi connectivity index (χ4n) is 2.91. The van der Waals surface area contributed by atoms with Gasteiger partial charge in [-0.2, -0.15) is 0 Å². The molecule has 0 radical (unpaired) electrons. The Hall–Kier alpha value is -2.06. The summed E-state index contributed by atoms with van der Waals surface area (Å²) in [7, 11) is 3.31. The van der Waals surface area contributed by atoms with E-state index < -0.39 is 0 Å². The molecule has 0 spiro atoms.